The quantitative estimate of drug-likeness (QED) is 0.868. The van der Waals surface area contributed by atoms with Crippen molar-refractivity contribution >= 4 is 11.3 Å². The Morgan fingerprint density at radius 1 is 1.41 bits per heavy atom. The Labute approximate surface area is 135 Å². The van der Waals surface area contributed by atoms with Gasteiger partial charge in [0.2, 0.25) is 0 Å². The van der Waals surface area contributed by atoms with Crippen LogP contribution in [-0.2, 0) is 16.7 Å². The van der Waals surface area contributed by atoms with Crippen molar-refractivity contribution in [1.29, 1.82) is 0 Å². The molecule has 1 fully saturated rings. The minimum Gasteiger partial charge on any atom is -0.368 e. The molecule has 120 valence electrons. The zero-order chi connectivity index (χ0) is 15.7. The van der Waals surface area contributed by atoms with Crippen LogP contribution in [-0.4, -0.2) is 34.7 Å². The third-order valence-electron chi connectivity index (χ3n) is 3.77. The lowest BCUT2D eigenvalue weighted by Gasteiger charge is -2.31. The number of aromatic nitrogens is 2. The average molecular weight is 321 g/mol. The molecule has 3 rings (SSSR count). The first-order chi connectivity index (χ1) is 10.4. The van der Waals surface area contributed by atoms with Crippen LogP contribution in [0.5, 0.6) is 0 Å². The van der Waals surface area contributed by atoms with Gasteiger partial charge in [0.25, 0.3) is 0 Å². The Balaban J connectivity index is 1.66. The van der Waals surface area contributed by atoms with E-state index >= 15 is 0 Å². The molecular weight excluding hydrogens is 298 g/mol. The molecule has 1 aliphatic heterocycles. The Morgan fingerprint density at radius 3 is 2.86 bits per heavy atom. The third kappa shape index (κ3) is 3.56. The Morgan fingerprint density at radius 2 is 2.23 bits per heavy atom. The van der Waals surface area contributed by atoms with E-state index in [1.807, 2.05) is 13.0 Å². The van der Waals surface area contributed by atoms with E-state index in [1.165, 1.54) is 0 Å². The highest BCUT2D eigenvalue weighted by molar-refractivity contribution is 7.09. The van der Waals surface area contributed by atoms with Crippen molar-refractivity contribution in [3.8, 4) is 0 Å². The first kappa shape index (κ1) is 15.6. The van der Waals surface area contributed by atoms with Crippen molar-refractivity contribution in [2.24, 2.45) is 0 Å². The standard InChI is InChI=1S/C16H23N3O2S/c1-11-7-12(21-18-11)8-19-5-6-20-13(9-19)15-17-14(10-22-15)16(2,3)4/h7,10,13H,5-6,8-9H2,1-4H3. The second-order valence-corrected chi connectivity index (χ2v) is 7.74. The SMILES string of the molecule is Cc1cc(CN2CCOC(c3nc(C(C)(C)C)cs3)C2)on1. The molecule has 2 aromatic rings. The van der Waals surface area contributed by atoms with E-state index in [2.05, 4.69) is 36.2 Å². The molecule has 0 amide bonds. The van der Waals surface area contributed by atoms with Crippen LogP contribution in [0.3, 0.4) is 0 Å². The van der Waals surface area contributed by atoms with E-state index < -0.39 is 0 Å². The summed E-state index contributed by atoms with van der Waals surface area (Å²) >= 11 is 1.70. The maximum atomic E-state index is 5.92. The topological polar surface area (TPSA) is 51.4 Å². The number of hydrogen-bond acceptors (Lipinski definition) is 6. The lowest BCUT2D eigenvalue weighted by molar-refractivity contribution is -0.0352. The predicted molar refractivity (Wildman–Crippen MR) is 86.0 cm³/mol. The first-order valence-electron chi connectivity index (χ1n) is 7.64. The molecule has 0 aliphatic carbocycles. The molecule has 1 saturated heterocycles. The van der Waals surface area contributed by atoms with Crippen molar-refractivity contribution < 1.29 is 9.26 Å². The zero-order valence-electron chi connectivity index (χ0n) is 13.6. The maximum absolute atomic E-state index is 5.92. The van der Waals surface area contributed by atoms with Crippen LogP contribution in [0.4, 0.5) is 0 Å². The molecule has 0 radical (unpaired) electrons. The molecule has 5 nitrogen and oxygen atoms in total. The van der Waals surface area contributed by atoms with E-state index in [0.717, 1.165) is 48.4 Å². The highest BCUT2D eigenvalue weighted by Crippen LogP contribution is 2.30. The molecule has 0 aromatic carbocycles. The molecule has 6 heteroatoms. The van der Waals surface area contributed by atoms with Crippen LogP contribution in [0.1, 0.15) is 49.0 Å². The van der Waals surface area contributed by atoms with Crippen LogP contribution in [0.25, 0.3) is 0 Å². The van der Waals surface area contributed by atoms with Gasteiger partial charge in [0.15, 0.2) is 5.76 Å². The van der Waals surface area contributed by atoms with Crippen LogP contribution >= 0.6 is 11.3 Å². The van der Waals surface area contributed by atoms with Crippen LogP contribution in [0.2, 0.25) is 0 Å². The van der Waals surface area contributed by atoms with Gasteiger partial charge in [-0.15, -0.1) is 11.3 Å². The molecule has 3 heterocycles. The minimum atomic E-state index is 0.0545. The summed E-state index contributed by atoms with van der Waals surface area (Å²) in [5, 5.41) is 7.17. The molecule has 0 N–H and O–H groups in total. The van der Waals surface area contributed by atoms with Gasteiger partial charge in [-0.05, 0) is 6.92 Å². The maximum Gasteiger partial charge on any atom is 0.150 e. The number of rotatable bonds is 3. The number of aryl methyl sites for hydroxylation is 1. The van der Waals surface area contributed by atoms with Crippen molar-refractivity contribution in [3.05, 3.63) is 33.6 Å². The van der Waals surface area contributed by atoms with E-state index in [9.17, 15) is 0 Å². The monoisotopic (exact) mass is 321 g/mol. The zero-order valence-corrected chi connectivity index (χ0v) is 14.4. The van der Waals surface area contributed by atoms with Crippen molar-refractivity contribution in [2.45, 2.75) is 45.8 Å². The lowest BCUT2D eigenvalue weighted by atomic mass is 9.93. The number of thiazole rings is 1. The Kier molecular flexibility index (Phi) is 4.34. The van der Waals surface area contributed by atoms with Gasteiger partial charge in [0, 0.05) is 30.0 Å². The summed E-state index contributed by atoms with van der Waals surface area (Å²) < 4.78 is 11.2. The third-order valence-corrected chi connectivity index (χ3v) is 4.71. The molecule has 0 saturated carbocycles. The van der Waals surface area contributed by atoms with E-state index in [4.69, 9.17) is 14.2 Å². The summed E-state index contributed by atoms with van der Waals surface area (Å²) in [6.07, 6.45) is 0.0545. The summed E-state index contributed by atoms with van der Waals surface area (Å²) in [7, 11) is 0. The summed E-state index contributed by atoms with van der Waals surface area (Å²) in [6, 6.07) is 1.99. The molecule has 0 bridgehead atoms. The minimum absolute atomic E-state index is 0.0545. The fourth-order valence-electron chi connectivity index (χ4n) is 2.49. The smallest absolute Gasteiger partial charge is 0.150 e. The van der Waals surface area contributed by atoms with Crippen molar-refractivity contribution in [2.75, 3.05) is 19.7 Å². The second-order valence-electron chi connectivity index (χ2n) is 6.85. The normalized spacial score (nSPS) is 20.5. The van der Waals surface area contributed by atoms with Gasteiger partial charge in [-0.3, -0.25) is 4.90 Å². The van der Waals surface area contributed by atoms with E-state index in [0.29, 0.717) is 0 Å². The Bertz CT molecular complexity index is 629. The van der Waals surface area contributed by atoms with Gasteiger partial charge >= 0.3 is 0 Å². The lowest BCUT2D eigenvalue weighted by Crippen LogP contribution is -2.37. The van der Waals surface area contributed by atoms with Crippen LogP contribution in [0.15, 0.2) is 16.0 Å². The molecule has 0 spiro atoms. The van der Waals surface area contributed by atoms with Crippen molar-refractivity contribution in [3.63, 3.8) is 0 Å². The molecule has 2 aromatic heterocycles. The molecule has 22 heavy (non-hydrogen) atoms. The molecular formula is C16H23N3O2S. The van der Waals surface area contributed by atoms with E-state index in [-0.39, 0.29) is 11.5 Å². The first-order valence-corrected chi connectivity index (χ1v) is 8.52. The van der Waals surface area contributed by atoms with Gasteiger partial charge in [-0.2, -0.15) is 0 Å². The van der Waals surface area contributed by atoms with Crippen LogP contribution < -0.4 is 0 Å². The van der Waals surface area contributed by atoms with Gasteiger partial charge in [0.05, 0.1) is 24.5 Å². The van der Waals surface area contributed by atoms with E-state index in [1.54, 1.807) is 11.3 Å². The summed E-state index contributed by atoms with van der Waals surface area (Å²) in [4.78, 5) is 7.12. The highest BCUT2D eigenvalue weighted by Gasteiger charge is 2.27. The van der Waals surface area contributed by atoms with Gasteiger partial charge in [-0.1, -0.05) is 25.9 Å². The molecule has 1 unspecified atom stereocenters. The largest absolute Gasteiger partial charge is 0.368 e. The van der Waals surface area contributed by atoms with Crippen molar-refractivity contribution in [1.82, 2.24) is 15.0 Å². The molecule has 1 atom stereocenters. The number of hydrogen-bond donors (Lipinski definition) is 0. The Hall–Kier alpha value is -1.24. The summed E-state index contributed by atoms with van der Waals surface area (Å²) in [6.45, 7) is 11.8. The second kappa shape index (κ2) is 6.10. The predicted octanol–water partition coefficient (Wildman–Crippen LogP) is 3.31. The van der Waals surface area contributed by atoms with Gasteiger partial charge in [0.1, 0.15) is 11.1 Å². The summed E-state index contributed by atoms with van der Waals surface area (Å²) in [5.74, 6) is 0.910. The number of ether oxygens (including phenoxy) is 1. The number of nitrogens with zero attached hydrogens (tertiary/aromatic N) is 3. The van der Waals surface area contributed by atoms with Crippen LogP contribution in [0, 0.1) is 6.92 Å². The highest BCUT2D eigenvalue weighted by atomic mass is 32.1. The fraction of sp³-hybridized carbons (Fsp3) is 0.625. The average Bonchev–Trinajstić information content (AvgIpc) is 3.08. The molecule has 1 aliphatic rings. The number of morpholine rings is 1. The van der Waals surface area contributed by atoms with Gasteiger partial charge < -0.3 is 9.26 Å². The van der Waals surface area contributed by atoms with Gasteiger partial charge in [-0.25, -0.2) is 4.98 Å². The fourth-order valence-corrected chi connectivity index (χ4v) is 3.57. The summed E-state index contributed by atoms with van der Waals surface area (Å²) in [5.41, 5.74) is 2.15.